The Balaban J connectivity index is 1.73. The highest BCUT2D eigenvalue weighted by molar-refractivity contribution is 6.30. The third-order valence-electron chi connectivity index (χ3n) is 5.06. The molecule has 2 atom stereocenters. The van der Waals surface area contributed by atoms with Crippen molar-refractivity contribution in [1.29, 1.82) is 0 Å². The van der Waals surface area contributed by atoms with E-state index in [1.165, 1.54) is 17.0 Å². The molecule has 3 amide bonds. The molecule has 1 aliphatic carbocycles. The van der Waals surface area contributed by atoms with Crippen LogP contribution < -0.4 is 10.1 Å². The third kappa shape index (κ3) is 4.63. The number of halogens is 5. The van der Waals surface area contributed by atoms with Crippen molar-refractivity contribution in [3.63, 3.8) is 0 Å². The molecule has 158 valence electrons. The number of ether oxygens (including phenoxy) is 1. The molecule has 0 spiro atoms. The molecule has 1 aromatic carbocycles. The van der Waals surface area contributed by atoms with Gasteiger partial charge in [0.1, 0.15) is 11.8 Å². The van der Waals surface area contributed by atoms with Crippen LogP contribution in [0.3, 0.4) is 0 Å². The number of rotatable bonds is 5. The Bertz CT molecular complexity index is 809. The highest BCUT2D eigenvalue weighted by Crippen LogP contribution is 2.50. The Morgan fingerprint density at radius 3 is 2.34 bits per heavy atom. The van der Waals surface area contributed by atoms with E-state index in [1.807, 2.05) is 5.32 Å². The van der Waals surface area contributed by atoms with E-state index in [9.17, 15) is 31.9 Å². The number of hydrogen-bond acceptors (Lipinski definition) is 4. The smallest absolute Gasteiger partial charge is 0.406 e. The predicted molar refractivity (Wildman–Crippen MR) is 92.7 cm³/mol. The summed E-state index contributed by atoms with van der Waals surface area (Å²) < 4.78 is 53.5. The molecule has 1 aromatic rings. The fraction of sp³-hybridized carbons (Fsp3) is 0.500. The summed E-state index contributed by atoms with van der Waals surface area (Å²) in [5, 5.41) is 1.85. The van der Waals surface area contributed by atoms with Crippen LogP contribution in [-0.4, -0.2) is 47.2 Å². The SMILES string of the molecule is O=C(NC(=O)[C@@H]1CCCN1C(=O)C1(c2ccc(OC(F)(F)F)cc2)CC1)[C@H](F)Cl. The van der Waals surface area contributed by atoms with Crippen LogP contribution in [0.25, 0.3) is 0 Å². The lowest BCUT2D eigenvalue weighted by Gasteiger charge is -2.28. The first kappa shape index (κ1) is 21.4. The highest BCUT2D eigenvalue weighted by atomic mass is 35.5. The lowest BCUT2D eigenvalue weighted by molar-refractivity contribution is -0.274. The van der Waals surface area contributed by atoms with Crippen molar-refractivity contribution in [3.8, 4) is 5.75 Å². The second-order valence-corrected chi connectivity index (χ2v) is 7.35. The molecule has 0 radical (unpaired) electrons. The summed E-state index contributed by atoms with van der Waals surface area (Å²) in [5.41, 5.74) is -2.79. The third-order valence-corrected chi connectivity index (χ3v) is 5.26. The lowest BCUT2D eigenvalue weighted by atomic mass is 9.93. The number of imide groups is 1. The molecule has 1 heterocycles. The summed E-state index contributed by atoms with van der Waals surface area (Å²) in [5.74, 6) is -2.86. The number of nitrogens with one attached hydrogen (secondary N) is 1. The summed E-state index contributed by atoms with van der Waals surface area (Å²) in [6.45, 7) is 0.280. The first-order valence-corrected chi connectivity index (χ1v) is 9.27. The molecule has 29 heavy (non-hydrogen) atoms. The van der Waals surface area contributed by atoms with Gasteiger partial charge in [-0.1, -0.05) is 23.7 Å². The Hall–Kier alpha value is -2.36. The number of carbonyl (C=O) groups excluding carboxylic acids is 3. The zero-order chi connectivity index (χ0) is 21.4. The van der Waals surface area contributed by atoms with E-state index in [0.717, 1.165) is 12.1 Å². The molecular formula is C18H17ClF4N2O4. The number of carbonyl (C=O) groups is 3. The quantitative estimate of drug-likeness (QED) is 0.569. The Morgan fingerprint density at radius 1 is 1.21 bits per heavy atom. The van der Waals surface area contributed by atoms with E-state index in [-0.39, 0.29) is 12.5 Å². The largest absolute Gasteiger partial charge is 0.573 e. The first-order valence-electron chi connectivity index (χ1n) is 8.84. The summed E-state index contributed by atoms with van der Waals surface area (Å²) >= 11 is 5.00. The van der Waals surface area contributed by atoms with Crippen molar-refractivity contribution in [2.24, 2.45) is 0 Å². The summed E-state index contributed by atoms with van der Waals surface area (Å²) in [6, 6.07) is 4.10. The van der Waals surface area contributed by atoms with Gasteiger partial charge in [0.15, 0.2) is 0 Å². The molecule has 2 fully saturated rings. The molecule has 0 aromatic heterocycles. The van der Waals surface area contributed by atoms with Gasteiger partial charge in [0.05, 0.1) is 5.41 Å². The molecule has 0 bridgehead atoms. The average Bonchev–Trinajstić information content (AvgIpc) is 3.29. The molecule has 0 unspecified atom stereocenters. The lowest BCUT2D eigenvalue weighted by Crippen LogP contribution is -2.51. The Labute approximate surface area is 168 Å². The van der Waals surface area contributed by atoms with Crippen LogP contribution in [0.2, 0.25) is 0 Å². The van der Waals surface area contributed by atoms with Crippen molar-refractivity contribution in [3.05, 3.63) is 29.8 Å². The van der Waals surface area contributed by atoms with E-state index < -0.39 is 41.0 Å². The van der Waals surface area contributed by atoms with Crippen molar-refractivity contribution in [2.45, 2.75) is 49.1 Å². The zero-order valence-electron chi connectivity index (χ0n) is 15.0. The van der Waals surface area contributed by atoms with Gasteiger partial charge in [0, 0.05) is 6.54 Å². The first-order chi connectivity index (χ1) is 13.5. The van der Waals surface area contributed by atoms with Crippen molar-refractivity contribution < 1.29 is 36.7 Å². The second kappa shape index (κ2) is 7.81. The zero-order valence-corrected chi connectivity index (χ0v) is 15.7. The summed E-state index contributed by atoms with van der Waals surface area (Å²) in [4.78, 5) is 38.0. The van der Waals surface area contributed by atoms with E-state index in [4.69, 9.17) is 11.6 Å². The van der Waals surface area contributed by atoms with Crippen LogP contribution in [0.1, 0.15) is 31.2 Å². The van der Waals surface area contributed by atoms with Gasteiger partial charge < -0.3 is 9.64 Å². The normalized spacial score (nSPS) is 21.4. The standard InChI is InChI=1S/C18H17ClF4N2O4/c19-13(20)15(27)24-14(26)12-2-1-9-25(12)16(28)17(7-8-17)10-3-5-11(6-4-10)29-18(21,22)23/h3-6,12-13H,1-2,7-9H2,(H,24,26,27)/t12-,13-/m0/s1. The van der Waals surface area contributed by atoms with E-state index in [0.29, 0.717) is 31.2 Å². The molecule has 1 saturated heterocycles. The van der Waals surface area contributed by atoms with Crippen LogP contribution in [-0.2, 0) is 19.8 Å². The van der Waals surface area contributed by atoms with Gasteiger partial charge in [-0.25, -0.2) is 4.39 Å². The number of likely N-dealkylation sites (tertiary alicyclic amines) is 1. The minimum atomic E-state index is -4.82. The van der Waals surface area contributed by atoms with Crippen LogP contribution in [0.5, 0.6) is 5.75 Å². The molecule has 3 rings (SSSR count). The summed E-state index contributed by atoms with van der Waals surface area (Å²) in [7, 11) is 0. The van der Waals surface area contributed by atoms with E-state index >= 15 is 0 Å². The molecule has 1 saturated carbocycles. The fourth-order valence-corrected chi connectivity index (χ4v) is 3.60. The number of alkyl halides is 5. The van der Waals surface area contributed by atoms with Gasteiger partial charge in [-0.15, -0.1) is 13.2 Å². The molecule has 6 nitrogen and oxygen atoms in total. The molecule has 1 N–H and O–H groups in total. The van der Waals surface area contributed by atoms with Gasteiger partial charge in [-0.05, 0) is 43.4 Å². The predicted octanol–water partition coefficient (Wildman–Crippen LogP) is 2.79. The molecule has 2 aliphatic rings. The highest BCUT2D eigenvalue weighted by Gasteiger charge is 2.55. The van der Waals surface area contributed by atoms with Crippen LogP contribution in [0.15, 0.2) is 24.3 Å². The van der Waals surface area contributed by atoms with Crippen LogP contribution in [0, 0.1) is 0 Å². The maximum absolute atomic E-state index is 13.1. The maximum atomic E-state index is 13.1. The number of amides is 3. The second-order valence-electron chi connectivity index (χ2n) is 6.97. The van der Waals surface area contributed by atoms with E-state index in [2.05, 4.69) is 4.74 Å². The van der Waals surface area contributed by atoms with Crippen LogP contribution >= 0.6 is 11.6 Å². The van der Waals surface area contributed by atoms with Crippen molar-refractivity contribution in [2.75, 3.05) is 6.54 Å². The van der Waals surface area contributed by atoms with Crippen molar-refractivity contribution in [1.82, 2.24) is 10.2 Å². The molecule has 1 aliphatic heterocycles. The van der Waals surface area contributed by atoms with Gasteiger partial charge in [-0.2, -0.15) is 0 Å². The number of hydrogen-bond donors (Lipinski definition) is 1. The van der Waals surface area contributed by atoms with Gasteiger partial charge in [-0.3, -0.25) is 19.7 Å². The maximum Gasteiger partial charge on any atom is 0.573 e. The monoisotopic (exact) mass is 436 g/mol. The number of benzene rings is 1. The average molecular weight is 437 g/mol. The Morgan fingerprint density at radius 2 is 1.83 bits per heavy atom. The topological polar surface area (TPSA) is 75.7 Å². The van der Waals surface area contributed by atoms with Gasteiger partial charge >= 0.3 is 6.36 Å². The minimum Gasteiger partial charge on any atom is -0.406 e. The minimum absolute atomic E-state index is 0.280. The fourth-order valence-electron chi connectivity index (χ4n) is 3.54. The summed E-state index contributed by atoms with van der Waals surface area (Å²) in [6.07, 6.45) is -3.04. The van der Waals surface area contributed by atoms with E-state index in [1.54, 1.807) is 0 Å². The number of nitrogens with zero attached hydrogens (tertiary/aromatic N) is 1. The van der Waals surface area contributed by atoms with Gasteiger partial charge in [0.25, 0.3) is 11.5 Å². The van der Waals surface area contributed by atoms with Gasteiger partial charge in [0.2, 0.25) is 11.8 Å². The Kier molecular flexibility index (Phi) is 5.75. The van der Waals surface area contributed by atoms with Crippen molar-refractivity contribution >= 4 is 29.3 Å². The molecule has 11 heteroatoms. The molecular weight excluding hydrogens is 420 g/mol. The van der Waals surface area contributed by atoms with Crippen LogP contribution in [0.4, 0.5) is 17.6 Å².